The van der Waals surface area contributed by atoms with Gasteiger partial charge in [0.1, 0.15) is 0 Å². The molecule has 1 heterocycles. The van der Waals surface area contributed by atoms with Crippen LogP contribution in [-0.2, 0) is 4.79 Å². The Balaban J connectivity index is 2.43. The highest BCUT2D eigenvalue weighted by Gasteiger charge is 1.92. The Kier molecular flexibility index (Phi) is 3.67. The summed E-state index contributed by atoms with van der Waals surface area (Å²) in [6.45, 7) is 1.96. The normalized spacial score (nSPS) is 10.4. The van der Waals surface area contributed by atoms with Gasteiger partial charge in [-0.3, -0.25) is 9.59 Å². The Morgan fingerprint density at radius 3 is 3.00 bits per heavy atom. The van der Waals surface area contributed by atoms with Crippen molar-refractivity contribution in [2.45, 2.75) is 6.92 Å². The number of hydrogen-bond acceptors (Lipinski definition) is 2. The molecule has 0 spiro atoms. The molecular weight excluding hydrogens is 180 g/mol. The third-order valence-corrected chi connectivity index (χ3v) is 1.63. The second-order valence-electron chi connectivity index (χ2n) is 2.85. The molecule has 1 rings (SSSR count). The topological polar surface area (TPSA) is 62.0 Å². The van der Waals surface area contributed by atoms with E-state index in [0.717, 1.165) is 11.8 Å². The minimum atomic E-state index is -0.0581. The van der Waals surface area contributed by atoms with Crippen LogP contribution < -0.4 is 5.32 Å². The van der Waals surface area contributed by atoms with E-state index in [1.807, 2.05) is 12.2 Å². The van der Waals surface area contributed by atoms with Gasteiger partial charge in [-0.1, -0.05) is 12.2 Å². The summed E-state index contributed by atoms with van der Waals surface area (Å²) in [6, 6.07) is 1.73. The fourth-order valence-electron chi connectivity index (χ4n) is 0.991. The van der Waals surface area contributed by atoms with E-state index in [2.05, 4.69) is 10.3 Å². The van der Waals surface area contributed by atoms with Crippen molar-refractivity contribution >= 4 is 18.3 Å². The molecule has 1 aromatic rings. The van der Waals surface area contributed by atoms with E-state index in [-0.39, 0.29) is 5.91 Å². The molecule has 0 bridgehead atoms. The SMILES string of the molecule is CC(=O)NCC=Cc1c[nH]c(C=O)c1. The van der Waals surface area contributed by atoms with Gasteiger partial charge in [-0.2, -0.15) is 0 Å². The minimum absolute atomic E-state index is 0.0581. The molecule has 1 amide bonds. The van der Waals surface area contributed by atoms with E-state index in [1.165, 1.54) is 6.92 Å². The first-order valence-electron chi connectivity index (χ1n) is 4.27. The molecule has 2 N–H and O–H groups in total. The number of aldehydes is 1. The molecule has 4 nitrogen and oxygen atoms in total. The number of aromatic nitrogens is 1. The summed E-state index contributed by atoms with van der Waals surface area (Å²) in [7, 11) is 0. The van der Waals surface area contributed by atoms with E-state index in [0.29, 0.717) is 12.2 Å². The second kappa shape index (κ2) is 5.01. The van der Waals surface area contributed by atoms with Crippen LogP contribution in [0.5, 0.6) is 0 Å². The van der Waals surface area contributed by atoms with Crippen molar-refractivity contribution < 1.29 is 9.59 Å². The number of carbonyl (C=O) groups is 2. The van der Waals surface area contributed by atoms with Crippen molar-refractivity contribution in [3.8, 4) is 0 Å². The van der Waals surface area contributed by atoms with E-state index < -0.39 is 0 Å². The molecule has 0 unspecified atom stereocenters. The van der Waals surface area contributed by atoms with Crippen LogP contribution in [0, 0.1) is 0 Å². The Morgan fingerprint density at radius 2 is 2.43 bits per heavy atom. The number of rotatable bonds is 4. The quantitative estimate of drug-likeness (QED) is 0.698. The van der Waals surface area contributed by atoms with Crippen LogP contribution in [0.15, 0.2) is 18.3 Å². The van der Waals surface area contributed by atoms with Crippen LogP contribution in [0.3, 0.4) is 0 Å². The van der Waals surface area contributed by atoms with Gasteiger partial charge in [0, 0.05) is 19.7 Å². The molecule has 0 aliphatic rings. The monoisotopic (exact) mass is 192 g/mol. The summed E-state index contributed by atoms with van der Waals surface area (Å²) in [5.41, 5.74) is 1.46. The van der Waals surface area contributed by atoms with Gasteiger partial charge in [-0.15, -0.1) is 0 Å². The maximum Gasteiger partial charge on any atom is 0.217 e. The predicted molar refractivity (Wildman–Crippen MR) is 53.9 cm³/mol. The van der Waals surface area contributed by atoms with Crippen molar-refractivity contribution in [3.63, 3.8) is 0 Å². The molecule has 0 saturated carbocycles. The summed E-state index contributed by atoms with van der Waals surface area (Å²) in [5.74, 6) is -0.0581. The third-order valence-electron chi connectivity index (χ3n) is 1.63. The molecule has 0 aromatic carbocycles. The zero-order valence-electron chi connectivity index (χ0n) is 7.91. The third kappa shape index (κ3) is 3.26. The summed E-state index contributed by atoms with van der Waals surface area (Å²) in [6.07, 6.45) is 6.14. The van der Waals surface area contributed by atoms with E-state index in [9.17, 15) is 9.59 Å². The predicted octanol–water partition coefficient (Wildman–Crippen LogP) is 0.976. The Hall–Kier alpha value is -1.84. The number of amides is 1. The van der Waals surface area contributed by atoms with Crippen molar-refractivity contribution in [1.29, 1.82) is 0 Å². The lowest BCUT2D eigenvalue weighted by molar-refractivity contribution is -0.118. The molecule has 0 fully saturated rings. The number of H-pyrrole nitrogens is 1. The number of aromatic amines is 1. The number of carbonyl (C=O) groups excluding carboxylic acids is 2. The first-order chi connectivity index (χ1) is 6.72. The first-order valence-corrected chi connectivity index (χ1v) is 4.27. The second-order valence-corrected chi connectivity index (χ2v) is 2.85. The molecular formula is C10H12N2O2. The van der Waals surface area contributed by atoms with Gasteiger partial charge in [-0.25, -0.2) is 0 Å². The maximum absolute atomic E-state index is 10.5. The maximum atomic E-state index is 10.5. The minimum Gasteiger partial charge on any atom is -0.358 e. The first kappa shape index (κ1) is 10.2. The van der Waals surface area contributed by atoms with Crippen LogP contribution >= 0.6 is 0 Å². The lowest BCUT2D eigenvalue weighted by Crippen LogP contribution is -2.19. The van der Waals surface area contributed by atoms with Crippen LogP contribution in [-0.4, -0.2) is 23.7 Å². The summed E-state index contributed by atoms with van der Waals surface area (Å²) < 4.78 is 0. The largest absolute Gasteiger partial charge is 0.358 e. The fraction of sp³-hybridized carbons (Fsp3) is 0.200. The highest BCUT2D eigenvalue weighted by molar-refractivity contribution is 5.74. The van der Waals surface area contributed by atoms with E-state index in [1.54, 1.807) is 12.3 Å². The summed E-state index contributed by atoms with van der Waals surface area (Å²) in [4.78, 5) is 23.6. The lowest BCUT2D eigenvalue weighted by Gasteiger charge is -1.93. The van der Waals surface area contributed by atoms with Crippen molar-refractivity contribution in [3.05, 3.63) is 29.6 Å². The van der Waals surface area contributed by atoms with E-state index >= 15 is 0 Å². The van der Waals surface area contributed by atoms with Gasteiger partial charge < -0.3 is 10.3 Å². The van der Waals surface area contributed by atoms with Crippen LogP contribution in [0.25, 0.3) is 6.08 Å². The van der Waals surface area contributed by atoms with Crippen LogP contribution in [0.2, 0.25) is 0 Å². The van der Waals surface area contributed by atoms with Crippen molar-refractivity contribution in [2.75, 3.05) is 6.54 Å². The van der Waals surface area contributed by atoms with Gasteiger partial charge >= 0.3 is 0 Å². The summed E-state index contributed by atoms with van der Waals surface area (Å²) in [5, 5.41) is 2.63. The fourth-order valence-corrected chi connectivity index (χ4v) is 0.991. The Bertz CT molecular complexity index is 353. The standard InChI is InChI=1S/C10H12N2O2/c1-8(14)11-4-2-3-9-5-10(7-13)12-6-9/h2-3,5-7,12H,4H2,1H3,(H,11,14). The molecule has 74 valence electrons. The smallest absolute Gasteiger partial charge is 0.217 e. The van der Waals surface area contributed by atoms with Crippen molar-refractivity contribution in [1.82, 2.24) is 10.3 Å². The average molecular weight is 192 g/mol. The number of nitrogens with one attached hydrogen (secondary N) is 2. The van der Waals surface area contributed by atoms with Gasteiger partial charge in [0.15, 0.2) is 6.29 Å². The van der Waals surface area contributed by atoms with Gasteiger partial charge in [0.2, 0.25) is 5.91 Å². The molecule has 0 aliphatic carbocycles. The molecule has 0 saturated heterocycles. The van der Waals surface area contributed by atoms with Crippen LogP contribution in [0.4, 0.5) is 0 Å². The lowest BCUT2D eigenvalue weighted by atomic mass is 10.3. The molecule has 4 heteroatoms. The average Bonchev–Trinajstić information content (AvgIpc) is 2.60. The zero-order chi connectivity index (χ0) is 10.4. The van der Waals surface area contributed by atoms with Gasteiger partial charge in [-0.05, 0) is 11.6 Å². The van der Waals surface area contributed by atoms with Gasteiger partial charge in [0.25, 0.3) is 0 Å². The molecule has 1 aromatic heterocycles. The highest BCUT2D eigenvalue weighted by Crippen LogP contribution is 2.02. The molecule has 0 aliphatic heterocycles. The number of hydrogen-bond donors (Lipinski definition) is 2. The zero-order valence-corrected chi connectivity index (χ0v) is 7.91. The Labute approximate surface area is 82.0 Å². The molecule has 14 heavy (non-hydrogen) atoms. The van der Waals surface area contributed by atoms with E-state index in [4.69, 9.17) is 0 Å². The highest BCUT2D eigenvalue weighted by atomic mass is 16.1. The van der Waals surface area contributed by atoms with Crippen molar-refractivity contribution in [2.24, 2.45) is 0 Å². The Morgan fingerprint density at radius 1 is 1.64 bits per heavy atom. The molecule has 0 radical (unpaired) electrons. The summed E-state index contributed by atoms with van der Waals surface area (Å²) >= 11 is 0. The van der Waals surface area contributed by atoms with Crippen LogP contribution in [0.1, 0.15) is 23.0 Å². The molecule has 0 atom stereocenters. The van der Waals surface area contributed by atoms with Gasteiger partial charge in [0.05, 0.1) is 5.69 Å².